The van der Waals surface area contributed by atoms with Gasteiger partial charge in [-0.05, 0) is 31.2 Å². The zero-order valence-corrected chi connectivity index (χ0v) is 17.6. The number of benzene rings is 2. The van der Waals surface area contributed by atoms with Gasteiger partial charge in [0.1, 0.15) is 19.3 Å². The van der Waals surface area contributed by atoms with Gasteiger partial charge in [-0.2, -0.15) is 0 Å². The predicted octanol–water partition coefficient (Wildman–Crippen LogP) is 2.04. The number of para-hydroxylation sites is 1. The molecule has 1 heterocycles. The van der Waals surface area contributed by atoms with Crippen LogP contribution in [0.2, 0.25) is 0 Å². The van der Waals surface area contributed by atoms with Gasteiger partial charge in [0.2, 0.25) is 15.9 Å². The first-order chi connectivity index (χ1) is 14.2. The summed E-state index contributed by atoms with van der Waals surface area (Å²) in [6.07, 6.45) is 1.01. The topological polar surface area (TPSA) is 111 Å². The third-order valence-electron chi connectivity index (χ3n) is 4.46. The second-order valence-corrected chi connectivity index (χ2v) is 8.45. The van der Waals surface area contributed by atoms with Crippen LogP contribution in [0.1, 0.15) is 17.3 Å². The van der Waals surface area contributed by atoms with Crippen LogP contribution in [0.4, 0.5) is 11.4 Å². The number of carbonyl (C=O) groups excluding carboxylic acids is 2. The number of ether oxygens (including phenoxy) is 3. The number of hydrogen-bond acceptors (Lipinski definition) is 7. The zero-order chi connectivity index (χ0) is 21.9. The molecule has 0 aromatic heterocycles. The lowest BCUT2D eigenvalue weighted by Gasteiger charge is -2.29. The van der Waals surface area contributed by atoms with E-state index in [0.717, 1.165) is 10.6 Å². The summed E-state index contributed by atoms with van der Waals surface area (Å²) in [4.78, 5) is 24.8. The number of amides is 1. The average molecular weight is 434 g/mol. The van der Waals surface area contributed by atoms with Crippen molar-refractivity contribution < 1.29 is 32.2 Å². The van der Waals surface area contributed by atoms with Crippen molar-refractivity contribution >= 4 is 33.3 Å². The summed E-state index contributed by atoms with van der Waals surface area (Å²) >= 11 is 0. The van der Waals surface area contributed by atoms with E-state index in [1.54, 1.807) is 24.3 Å². The Morgan fingerprint density at radius 1 is 1.10 bits per heavy atom. The van der Waals surface area contributed by atoms with Gasteiger partial charge in [0.05, 0.1) is 30.3 Å². The molecule has 1 atom stereocenters. The van der Waals surface area contributed by atoms with E-state index in [4.69, 9.17) is 14.2 Å². The fourth-order valence-electron chi connectivity index (χ4n) is 3.10. The molecule has 3 rings (SSSR count). The molecule has 2 aromatic carbocycles. The lowest BCUT2D eigenvalue weighted by molar-refractivity contribution is -0.116. The van der Waals surface area contributed by atoms with Crippen molar-refractivity contribution in [2.24, 2.45) is 0 Å². The lowest BCUT2D eigenvalue weighted by Crippen LogP contribution is -2.45. The van der Waals surface area contributed by atoms with E-state index >= 15 is 0 Å². The minimum Gasteiger partial charge on any atom is -0.486 e. The number of esters is 1. The maximum Gasteiger partial charge on any atom is 0.339 e. The number of carbonyl (C=O) groups is 2. The van der Waals surface area contributed by atoms with Crippen LogP contribution in [-0.4, -0.2) is 52.9 Å². The highest BCUT2D eigenvalue weighted by Crippen LogP contribution is 2.35. The van der Waals surface area contributed by atoms with E-state index < -0.39 is 27.9 Å². The Morgan fingerprint density at radius 2 is 1.77 bits per heavy atom. The van der Waals surface area contributed by atoms with Crippen LogP contribution >= 0.6 is 0 Å². The predicted molar refractivity (Wildman–Crippen MR) is 111 cm³/mol. The van der Waals surface area contributed by atoms with Gasteiger partial charge in [-0.15, -0.1) is 0 Å². The zero-order valence-electron chi connectivity index (χ0n) is 16.7. The molecule has 0 aliphatic carbocycles. The molecular formula is C20H22N2O7S. The number of methoxy groups -OCH3 is 1. The summed E-state index contributed by atoms with van der Waals surface area (Å²) in [5.41, 5.74) is 0.633. The molecule has 160 valence electrons. The van der Waals surface area contributed by atoms with Crippen molar-refractivity contribution in [2.75, 3.05) is 36.2 Å². The van der Waals surface area contributed by atoms with E-state index in [0.29, 0.717) is 24.7 Å². The van der Waals surface area contributed by atoms with E-state index in [1.165, 1.54) is 32.2 Å². The molecule has 9 nitrogen and oxygen atoms in total. The number of fused-ring (bicyclic) bond motifs is 1. The van der Waals surface area contributed by atoms with E-state index in [2.05, 4.69) is 5.32 Å². The second-order valence-electron chi connectivity index (χ2n) is 6.59. The Bertz CT molecular complexity index is 1070. The summed E-state index contributed by atoms with van der Waals surface area (Å²) in [6, 6.07) is 9.84. The van der Waals surface area contributed by atoms with Crippen LogP contribution in [0.15, 0.2) is 42.5 Å². The largest absolute Gasteiger partial charge is 0.486 e. The fraction of sp³-hybridized carbons (Fsp3) is 0.300. The van der Waals surface area contributed by atoms with Crippen LogP contribution in [-0.2, 0) is 19.6 Å². The average Bonchev–Trinajstić information content (AvgIpc) is 2.72. The second kappa shape index (κ2) is 8.62. The summed E-state index contributed by atoms with van der Waals surface area (Å²) in [7, 11) is -2.59. The molecule has 0 saturated carbocycles. The Morgan fingerprint density at radius 3 is 2.43 bits per heavy atom. The Kier molecular flexibility index (Phi) is 6.16. The maximum atomic E-state index is 12.9. The highest BCUT2D eigenvalue weighted by molar-refractivity contribution is 7.92. The van der Waals surface area contributed by atoms with Gasteiger partial charge in [-0.1, -0.05) is 12.1 Å². The molecular weight excluding hydrogens is 412 g/mol. The molecule has 1 amide bonds. The molecule has 0 radical (unpaired) electrons. The third kappa shape index (κ3) is 4.48. The Labute approximate surface area is 174 Å². The first-order valence-electron chi connectivity index (χ1n) is 9.09. The van der Waals surface area contributed by atoms with Crippen LogP contribution < -0.4 is 19.1 Å². The van der Waals surface area contributed by atoms with Crippen LogP contribution in [0.25, 0.3) is 0 Å². The molecule has 0 fully saturated rings. The van der Waals surface area contributed by atoms with Crippen LogP contribution in [0.3, 0.4) is 0 Å². The smallest absolute Gasteiger partial charge is 0.339 e. The molecule has 0 unspecified atom stereocenters. The number of sulfonamides is 1. The van der Waals surface area contributed by atoms with E-state index in [1.807, 2.05) is 0 Å². The Hall–Kier alpha value is -3.27. The summed E-state index contributed by atoms with van der Waals surface area (Å²) in [5, 5.41) is 2.61. The van der Waals surface area contributed by atoms with Crippen LogP contribution in [0.5, 0.6) is 11.5 Å². The van der Waals surface area contributed by atoms with E-state index in [-0.39, 0.29) is 16.9 Å². The third-order valence-corrected chi connectivity index (χ3v) is 5.70. The quantitative estimate of drug-likeness (QED) is 0.693. The fourth-order valence-corrected chi connectivity index (χ4v) is 4.26. The van der Waals surface area contributed by atoms with Gasteiger partial charge < -0.3 is 19.5 Å². The van der Waals surface area contributed by atoms with Crippen molar-refractivity contribution in [2.45, 2.75) is 13.0 Å². The number of nitrogens with zero attached hydrogens (tertiary/aromatic N) is 1. The van der Waals surface area contributed by atoms with Gasteiger partial charge in [-0.25, -0.2) is 13.2 Å². The molecule has 10 heteroatoms. The Balaban J connectivity index is 1.91. The van der Waals surface area contributed by atoms with Crippen molar-refractivity contribution in [3.05, 3.63) is 48.0 Å². The molecule has 0 saturated heterocycles. The highest BCUT2D eigenvalue weighted by atomic mass is 32.2. The molecule has 0 bridgehead atoms. The minimum absolute atomic E-state index is 0.158. The first kappa shape index (κ1) is 21.4. The van der Waals surface area contributed by atoms with Crippen molar-refractivity contribution in [3.8, 4) is 11.5 Å². The van der Waals surface area contributed by atoms with Gasteiger partial charge in [0, 0.05) is 6.07 Å². The number of hydrogen-bond donors (Lipinski definition) is 1. The molecule has 1 N–H and O–H groups in total. The number of anilines is 2. The summed E-state index contributed by atoms with van der Waals surface area (Å²) in [6.45, 7) is 2.20. The molecule has 2 aromatic rings. The SMILES string of the molecule is COC(=O)c1ccccc1NC(=O)[C@@H](C)N(c1ccc2c(c1)OCCO2)S(C)(=O)=O. The highest BCUT2D eigenvalue weighted by Gasteiger charge is 2.31. The lowest BCUT2D eigenvalue weighted by atomic mass is 10.1. The molecule has 1 aliphatic rings. The molecule has 1 aliphatic heterocycles. The first-order valence-corrected chi connectivity index (χ1v) is 10.9. The van der Waals surface area contributed by atoms with Crippen LogP contribution in [0, 0.1) is 0 Å². The van der Waals surface area contributed by atoms with Gasteiger partial charge in [0.25, 0.3) is 0 Å². The normalized spacial score (nSPS) is 13.8. The number of rotatable bonds is 6. The van der Waals surface area contributed by atoms with E-state index in [9.17, 15) is 18.0 Å². The maximum absolute atomic E-state index is 12.9. The molecule has 30 heavy (non-hydrogen) atoms. The van der Waals surface area contributed by atoms with Crippen molar-refractivity contribution in [3.63, 3.8) is 0 Å². The van der Waals surface area contributed by atoms with Crippen molar-refractivity contribution in [1.29, 1.82) is 0 Å². The monoisotopic (exact) mass is 434 g/mol. The summed E-state index contributed by atoms with van der Waals surface area (Å²) < 4.78 is 41.7. The standard InChI is InChI=1S/C20H22N2O7S/c1-13(19(23)21-16-7-5-4-6-15(16)20(24)27-2)22(30(3,25)26)14-8-9-17-18(12-14)29-11-10-28-17/h4-9,12-13H,10-11H2,1-3H3,(H,21,23)/t13-/m1/s1. The molecule has 0 spiro atoms. The van der Waals surface area contributed by atoms with Gasteiger partial charge >= 0.3 is 5.97 Å². The van der Waals surface area contributed by atoms with Gasteiger partial charge in [0.15, 0.2) is 11.5 Å². The minimum atomic E-state index is -3.83. The van der Waals surface area contributed by atoms with Crippen molar-refractivity contribution in [1.82, 2.24) is 0 Å². The van der Waals surface area contributed by atoms with Gasteiger partial charge in [-0.3, -0.25) is 9.10 Å². The summed E-state index contributed by atoms with van der Waals surface area (Å²) in [5.74, 6) is -0.337. The number of nitrogens with one attached hydrogen (secondary N) is 1.